The molecular formula is C23H28N2O4. The molecule has 2 atom stereocenters. The summed E-state index contributed by atoms with van der Waals surface area (Å²) in [4.78, 5) is 25.4. The molecule has 2 aromatic carbocycles. The van der Waals surface area contributed by atoms with Crippen LogP contribution in [0.4, 0.5) is 5.69 Å². The lowest BCUT2D eigenvalue weighted by atomic mass is 10.1. The summed E-state index contributed by atoms with van der Waals surface area (Å²) < 4.78 is 11.3. The summed E-state index contributed by atoms with van der Waals surface area (Å²) in [5.74, 6) is 0.124. The smallest absolute Gasteiger partial charge is 0.255 e. The van der Waals surface area contributed by atoms with Crippen LogP contribution in [-0.4, -0.2) is 37.2 Å². The number of hydrogen-bond acceptors (Lipinski definition) is 4. The second-order valence-electron chi connectivity index (χ2n) is 7.21. The van der Waals surface area contributed by atoms with E-state index in [9.17, 15) is 9.59 Å². The number of benzene rings is 2. The average molecular weight is 396 g/mol. The standard InChI is InChI=1S/C23H28N2O4/c1-3-16(2)29-18-9-6-8-17(14-18)22(26)25-21-12-5-4-11-20(21)23(27)24-15-19-10-7-13-28-19/h4-6,8-9,11-12,14,16,19H,3,7,10,13,15H2,1-2H3,(H,24,27)(H,25,26). The quantitative estimate of drug-likeness (QED) is 0.706. The van der Waals surface area contributed by atoms with Crippen LogP contribution in [0.3, 0.4) is 0 Å². The minimum atomic E-state index is -0.293. The third kappa shape index (κ3) is 5.81. The minimum absolute atomic E-state index is 0.0638. The van der Waals surface area contributed by atoms with E-state index < -0.39 is 0 Å². The van der Waals surface area contributed by atoms with E-state index in [2.05, 4.69) is 10.6 Å². The van der Waals surface area contributed by atoms with Crippen molar-refractivity contribution in [3.8, 4) is 5.75 Å². The molecule has 1 heterocycles. The van der Waals surface area contributed by atoms with Gasteiger partial charge in [0.15, 0.2) is 0 Å². The lowest BCUT2D eigenvalue weighted by Gasteiger charge is -2.15. The van der Waals surface area contributed by atoms with Crippen molar-refractivity contribution in [3.05, 3.63) is 59.7 Å². The number of ether oxygens (including phenoxy) is 2. The fourth-order valence-corrected chi connectivity index (χ4v) is 3.12. The van der Waals surface area contributed by atoms with Crippen molar-refractivity contribution in [3.63, 3.8) is 0 Å². The van der Waals surface area contributed by atoms with Crippen molar-refractivity contribution < 1.29 is 19.1 Å². The minimum Gasteiger partial charge on any atom is -0.491 e. The van der Waals surface area contributed by atoms with Crippen LogP contribution in [0.25, 0.3) is 0 Å². The summed E-state index contributed by atoms with van der Waals surface area (Å²) in [5.41, 5.74) is 1.36. The highest BCUT2D eigenvalue weighted by atomic mass is 16.5. The molecule has 0 aromatic heterocycles. The van der Waals surface area contributed by atoms with Crippen molar-refractivity contribution in [2.24, 2.45) is 0 Å². The van der Waals surface area contributed by atoms with Gasteiger partial charge >= 0.3 is 0 Å². The SMILES string of the molecule is CCC(C)Oc1cccc(C(=O)Nc2ccccc2C(=O)NCC2CCCO2)c1. The van der Waals surface area contributed by atoms with Gasteiger partial charge in [-0.1, -0.05) is 25.1 Å². The zero-order chi connectivity index (χ0) is 20.6. The number of carbonyl (C=O) groups excluding carboxylic acids is 2. The van der Waals surface area contributed by atoms with Gasteiger partial charge in [0.05, 0.1) is 23.5 Å². The Morgan fingerprint density at radius 1 is 1.17 bits per heavy atom. The average Bonchev–Trinajstić information content (AvgIpc) is 3.26. The van der Waals surface area contributed by atoms with E-state index in [1.165, 1.54) is 0 Å². The van der Waals surface area contributed by atoms with Gasteiger partial charge in [-0.05, 0) is 56.5 Å². The van der Waals surface area contributed by atoms with E-state index in [1.54, 1.807) is 42.5 Å². The van der Waals surface area contributed by atoms with Crippen molar-refractivity contribution in [2.75, 3.05) is 18.5 Å². The van der Waals surface area contributed by atoms with Crippen molar-refractivity contribution in [1.82, 2.24) is 5.32 Å². The fourth-order valence-electron chi connectivity index (χ4n) is 3.12. The molecule has 0 spiro atoms. The van der Waals surface area contributed by atoms with Gasteiger partial charge < -0.3 is 20.1 Å². The number of hydrogen-bond donors (Lipinski definition) is 2. The van der Waals surface area contributed by atoms with Crippen molar-refractivity contribution in [2.45, 2.75) is 45.3 Å². The van der Waals surface area contributed by atoms with Gasteiger partial charge in [0.1, 0.15) is 5.75 Å². The van der Waals surface area contributed by atoms with Gasteiger partial charge in [0, 0.05) is 18.7 Å². The first kappa shape index (κ1) is 20.9. The molecule has 1 aliphatic heterocycles. The van der Waals surface area contributed by atoms with Gasteiger partial charge in [0.2, 0.25) is 0 Å². The molecule has 1 saturated heterocycles. The van der Waals surface area contributed by atoms with Crippen LogP contribution in [0.5, 0.6) is 5.75 Å². The second-order valence-corrected chi connectivity index (χ2v) is 7.21. The monoisotopic (exact) mass is 396 g/mol. The molecule has 0 radical (unpaired) electrons. The van der Waals surface area contributed by atoms with Crippen molar-refractivity contribution in [1.29, 1.82) is 0 Å². The van der Waals surface area contributed by atoms with Gasteiger partial charge in [0.25, 0.3) is 11.8 Å². The lowest BCUT2D eigenvalue weighted by molar-refractivity contribution is 0.0858. The van der Waals surface area contributed by atoms with Gasteiger partial charge in [-0.2, -0.15) is 0 Å². The summed E-state index contributed by atoms with van der Waals surface area (Å²) in [6, 6.07) is 14.0. The van der Waals surface area contributed by atoms with Crippen LogP contribution in [0.2, 0.25) is 0 Å². The first-order valence-corrected chi connectivity index (χ1v) is 10.1. The first-order valence-electron chi connectivity index (χ1n) is 10.1. The van der Waals surface area contributed by atoms with Gasteiger partial charge in [-0.15, -0.1) is 0 Å². The Bertz CT molecular complexity index is 846. The zero-order valence-electron chi connectivity index (χ0n) is 16.9. The van der Waals surface area contributed by atoms with Crippen LogP contribution in [0, 0.1) is 0 Å². The Labute approximate surface area is 171 Å². The van der Waals surface area contributed by atoms with Crippen LogP contribution in [-0.2, 0) is 4.74 Å². The summed E-state index contributed by atoms with van der Waals surface area (Å²) in [6.07, 6.45) is 2.99. The molecular weight excluding hydrogens is 368 g/mol. The lowest BCUT2D eigenvalue weighted by Crippen LogP contribution is -2.32. The van der Waals surface area contributed by atoms with E-state index in [0.29, 0.717) is 29.1 Å². The van der Waals surface area contributed by atoms with Crippen LogP contribution < -0.4 is 15.4 Å². The maximum atomic E-state index is 12.7. The molecule has 2 unspecified atom stereocenters. The maximum Gasteiger partial charge on any atom is 0.255 e. The van der Waals surface area contributed by atoms with E-state index >= 15 is 0 Å². The van der Waals surface area contributed by atoms with E-state index in [0.717, 1.165) is 25.9 Å². The molecule has 2 N–H and O–H groups in total. The Hall–Kier alpha value is -2.86. The maximum absolute atomic E-state index is 12.7. The molecule has 6 heteroatoms. The highest BCUT2D eigenvalue weighted by Crippen LogP contribution is 2.20. The molecule has 29 heavy (non-hydrogen) atoms. The molecule has 1 aliphatic rings. The molecule has 1 fully saturated rings. The summed E-state index contributed by atoms with van der Waals surface area (Å²) in [7, 11) is 0. The van der Waals surface area contributed by atoms with Crippen LogP contribution >= 0.6 is 0 Å². The zero-order valence-corrected chi connectivity index (χ0v) is 16.9. The molecule has 6 nitrogen and oxygen atoms in total. The molecule has 154 valence electrons. The van der Waals surface area contributed by atoms with Crippen LogP contribution in [0.15, 0.2) is 48.5 Å². The third-order valence-electron chi connectivity index (χ3n) is 4.94. The number of nitrogens with one attached hydrogen (secondary N) is 2. The molecule has 0 aliphatic carbocycles. The molecule has 0 bridgehead atoms. The molecule has 2 amide bonds. The Morgan fingerprint density at radius 2 is 2.00 bits per heavy atom. The predicted molar refractivity (Wildman–Crippen MR) is 113 cm³/mol. The van der Waals surface area contributed by atoms with Gasteiger partial charge in [-0.25, -0.2) is 0 Å². The van der Waals surface area contributed by atoms with E-state index in [1.807, 2.05) is 19.9 Å². The highest BCUT2D eigenvalue weighted by molar-refractivity contribution is 6.09. The summed E-state index contributed by atoms with van der Waals surface area (Å²) in [6.45, 7) is 5.24. The topological polar surface area (TPSA) is 76.7 Å². The third-order valence-corrected chi connectivity index (χ3v) is 4.94. The summed E-state index contributed by atoms with van der Waals surface area (Å²) >= 11 is 0. The van der Waals surface area contributed by atoms with Gasteiger partial charge in [-0.3, -0.25) is 9.59 Å². The summed E-state index contributed by atoms with van der Waals surface area (Å²) in [5, 5.41) is 5.74. The number of rotatable bonds is 8. The number of para-hydroxylation sites is 1. The number of anilines is 1. The first-order chi connectivity index (χ1) is 14.1. The largest absolute Gasteiger partial charge is 0.491 e. The molecule has 2 aromatic rings. The number of carbonyl (C=O) groups is 2. The predicted octanol–water partition coefficient (Wildman–Crippen LogP) is 4.03. The Kier molecular flexibility index (Phi) is 7.25. The Morgan fingerprint density at radius 3 is 2.76 bits per heavy atom. The molecule has 0 saturated carbocycles. The highest BCUT2D eigenvalue weighted by Gasteiger charge is 2.19. The fraction of sp³-hybridized carbons (Fsp3) is 0.391. The second kappa shape index (κ2) is 10.1. The normalized spacial score (nSPS) is 16.8. The van der Waals surface area contributed by atoms with Crippen molar-refractivity contribution >= 4 is 17.5 Å². The van der Waals surface area contributed by atoms with E-state index in [4.69, 9.17) is 9.47 Å². The Balaban J connectivity index is 1.67. The van der Waals surface area contributed by atoms with E-state index in [-0.39, 0.29) is 24.0 Å². The van der Waals surface area contributed by atoms with Crippen LogP contribution in [0.1, 0.15) is 53.8 Å². The number of amides is 2. The molecule has 3 rings (SSSR count).